The molecule has 2 aliphatic rings. The first-order valence-corrected chi connectivity index (χ1v) is 9.96. The number of anilines is 2. The Morgan fingerprint density at radius 2 is 1.67 bits per heavy atom. The van der Waals surface area contributed by atoms with Gasteiger partial charge in [0.1, 0.15) is 0 Å². The molecule has 0 bridgehead atoms. The number of benzene rings is 2. The van der Waals surface area contributed by atoms with E-state index in [0.717, 1.165) is 17.0 Å². The fraction of sp³-hybridized carbons (Fsp3) is 0.286. The van der Waals surface area contributed by atoms with Gasteiger partial charge in [0.05, 0.1) is 11.4 Å². The Bertz CT molecular complexity index is 894. The molecule has 2 aromatic carbocycles. The van der Waals surface area contributed by atoms with Crippen LogP contribution >= 0.6 is 11.8 Å². The molecule has 4 rings (SSSR count). The van der Waals surface area contributed by atoms with E-state index in [1.807, 2.05) is 23.1 Å². The normalized spacial score (nSPS) is 19.8. The zero-order valence-corrected chi connectivity index (χ0v) is 15.9. The minimum atomic E-state index is -0.188. The Hall–Kier alpha value is -2.60. The van der Waals surface area contributed by atoms with E-state index >= 15 is 0 Å². The zero-order chi connectivity index (χ0) is 19.0. The van der Waals surface area contributed by atoms with Gasteiger partial charge in [-0.2, -0.15) is 0 Å². The lowest BCUT2D eigenvalue weighted by Crippen LogP contribution is -2.32. The van der Waals surface area contributed by atoms with E-state index < -0.39 is 0 Å². The van der Waals surface area contributed by atoms with Crippen molar-refractivity contribution < 1.29 is 14.4 Å². The van der Waals surface area contributed by atoms with Crippen molar-refractivity contribution in [1.29, 1.82) is 0 Å². The van der Waals surface area contributed by atoms with E-state index in [1.54, 1.807) is 36.0 Å². The topological polar surface area (TPSA) is 57.7 Å². The predicted molar refractivity (Wildman–Crippen MR) is 106 cm³/mol. The van der Waals surface area contributed by atoms with Crippen LogP contribution < -0.4 is 9.80 Å². The molecule has 0 aromatic heterocycles. The Balaban J connectivity index is 1.61. The number of rotatable bonds is 2. The molecular formula is C21H20N2O3S. The number of nitrogens with zero attached hydrogens (tertiary/aromatic N) is 2. The second kappa shape index (κ2) is 7.19. The smallest absolute Gasteiger partial charge is 0.258 e. The van der Waals surface area contributed by atoms with Crippen LogP contribution in [0.5, 0.6) is 0 Å². The summed E-state index contributed by atoms with van der Waals surface area (Å²) in [4.78, 5) is 41.1. The Morgan fingerprint density at radius 3 is 2.37 bits per heavy atom. The number of hydrogen-bond acceptors (Lipinski definition) is 4. The highest BCUT2D eigenvalue weighted by Gasteiger charge is 2.30. The summed E-state index contributed by atoms with van der Waals surface area (Å²) in [5.41, 5.74) is 2.01. The molecule has 0 aliphatic carbocycles. The van der Waals surface area contributed by atoms with Gasteiger partial charge in [0.25, 0.3) is 5.91 Å². The Labute approximate surface area is 162 Å². The Morgan fingerprint density at radius 1 is 1.00 bits per heavy atom. The van der Waals surface area contributed by atoms with E-state index in [9.17, 15) is 14.4 Å². The number of carbonyl (C=O) groups excluding carboxylic acids is 3. The summed E-state index contributed by atoms with van der Waals surface area (Å²) < 4.78 is 0. The van der Waals surface area contributed by atoms with Crippen LogP contribution in [-0.4, -0.2) is 29.5 Å². The molecule has 138 valence electrons. The minimum absolute atomic E-state index is 0.0669. The number of para-hydroxylation sites is 1. The molecule has 0 saturated carbocycles. The number of fused-ring (bicyclic) bond motifs is 1. The highest BCUT2D eigenvalue weighted by molar-refractivity contribution is 8.00. The molecule has 0 N–H and O–H groups in total. The van der Waals surface area contributed by atoms with Gasteiger partial charge in [0.15, 0.2) is 0 Å². The molecule has 0 spiro atoms. The van der Waals surface area contributed by atoms with Crippen molar-refractivity contribution in [1.82, 2.24) is 0 Å². The van der Waals surface area contributed by atoms with Crippen molar-refractivity contribution in [2.24, 2.45) is 0 Å². The summed E-state index contributed by atoms with van der Waals surface area (Å²) in [5.74, 6) is -0.444. The van der Waals surface area contributed by atoms with E-state index in [1.165, 1.54) is 4.90 Å². The standard InChI is InChI=1S/C21H20N2O3S/c1-14-12-13-22(17-4-2-3-5-18(17)27-14)21(26)15-6-8-16(9-7-15)23-19(24)10-11-20(23)25/h2-9,14H,10-13H2,1H3/t14-/m1/s1. The van der Waals surface area contributed by atoms with Gasteiger partial charge in [-0.15, -0.1) is 11.8 Å². The lowest BCUT2D eigenvalue weighted by molar-refractivity contribution is -0.121. The van der Waals surface area contributed by atoms with Crippen molar-refractivity contribution in [2.45, 2.75) is 36.3 Å². The first-order chi connectivity index (χ1) is 13.0. The maximum atomic E-state index is 13.2. The second-order valence-corrected chi connectivity index (χ2v) is 8.29. The predicted octanol–water partition coefficient (Wildman–Crippen LogP) is 3.87. The molecule has 5 nitrogen and oxygen atoms in total. The van der Waals surface area contributed by atoms with Crippen LogP contribution in [0.15, 0.2) is 53.4 Å². The van der Waals surface area contributed by atoms with Gasteiger partial charge < -0.3 is 4.90 Å². The highest BCUT2D eigenvalue weighted by Crippen LogP contribution is 2.38. The van der Waals surface area contributed by atoms with Crippen molar-refractivity contribution in [2.75, 3.05) is 16.3 Å². The average molecular weight is 380 g/mol. The summed E-state index contributed by atoms with van der Waals surface area (Å²) in [6, 6.07) is 14.7. The molecule has 0 radical (unpaired) electrons. The minimum Gasteiger partial charge on any atom is -0.307 e. The maximum Gasteiger partial charge on any atom is 0.258 e. The van der Waals surface area contributed by atoms with Gasteiger partial charge >= 0.3 is 0 Å². The fourth-order valence-corrected chi connectivity index (χ4v) is 4.58. The average Bonchev–Trinajstić information content (AvgIpc) is 2.91. The molecule has 0 unspecified atom stereocenters. The third kappa shape index (κ3) is 3.37. The molecule has 2 aliphatic heterocycles. The SMILES string of the molecule is C[C@@H]1CCN(C(=O)c2ccc(N3C(=O)CCC3=O)cc2)c2ccccc2S1. The van der Waals surface area contributed by atoms with Gasteiger partial charge in [-0.3, -0.25) is 19.3 Å². The molecule has 1 saturated heterocycles. The number of carbonyl (C=O) groups is 3. The van der Waals surface area contributed by atoms with E-state index in [2.05, 4.69) is 13.0 Å². The van der Waals surface area contributed by atoms with Crippen LogP contribution in [0, 0.1) is 0 Å². The molecule has 3 amide bonds. The number of amides is 3. The zero-order valence-electron chi connectivity index (χ0n) is 15.1. The quantitative estimate of drug-likeness (QED) is 0.742. The summed E-state index contributed by atoms with van der Waals surface area (Å²) in [5, 5.41) is 0.443. The van der Waals surface area contributed by atoms with Crippen molar-refractivity contribution in [3.63, 3.8) is 0 Å². The van der Waals surface area contributed by atoms with Gasteiger partial charge in [0, 0.05) is 35.1 Å². The molecule has 2 heterocycles. The van der Waals surface area contributed by atoms with Crippen LogP contribution in [-0.2, 0) is 9.59 Å². The van der Waals surface area contributed by atoms with Crippen LogP contribution in [0.4, 0.5) is 11.4 Å². The number of thioether (sulfide) groups is 1. The lowest BCUT2D eigenvalue weighted by atomic mass is 10.1. The van der Waals surface area contributed by atoms with E-state index in [-0.39, 0.29) is 30.6 Å². The summed E-state index contributed by atoms with van der Waals surface area (Å²) in [6.07, 6.45) is 1.42. The van der Waals surface area contributed by atoms with Crippen LogP contribution in [0.25, 0.3) is 0 Å². The first-order valence-electron chi connectivity index (χ1n) is 9.08. The molecule has 27 heavy (non-hydrogen) atoms. The van der Waals surface area contributed by atoms with Crippen molar-refractivity contribution in [3.8, 4) is 0 Å². The summed E-state index contributed by atoms with van der Waals surface area (Å²) in [7, 11) is 0. The fourth-order valence-electron chi connectivity index (χ4n) is 3.47. The van der Waals surface area contributed by atoms with Gasteiger partial charge in [-0.1, -0.05) is 19.1 Å². The van der Waals surface area contributed by atoms with Crippen LogP contribution in [0.1, 0.15) is 36.5 Å². The summed E-state index contributed by atoms with van der Waals surface area (Å²) in [6.45, 7) is 2.84. The third-order valence-electron chi connectivity index (χ3n) is 4.91. The molecule has 2 aromatic rings. The van der Waals surface area contributed by atoms with E-state index in [4.69, 9.17) is 0 Å². The van der Waals surface area contributed by atoms with Crippen LogP contribution in [0.2, 0.25) is 0 Å². The second-order valence-electron chi connectivity index (χ2n) is 6.81. The van der Waals surface area contributed by atoms with Crippen molar-refractivity contribution >= 4 is 40.9 Å². The highest BCUT2D eigenvalue weighted by atomic mass is 32.2. The third-order valence-corrected chi connectivity index (χ3v) is 6.15. The number of hydrogen-bond donors (Lipinski definition) is 0. The van der Waals surface area contributed by atoms with E-state index in [0.29, 0.717) is 23.0 Å². The largest absolute Gasteiger partial charge is 0.307 e. The van der Waals surface area contributed by atoms with Gasteiger partial charge in [-0.25, -0.2) is 0 Å². The number of imide groups is 1. The Kier molecular flexibility index (Phi) is 4.74. The van der Waals surface area contributed by atoms with Gasteiger partial charge in [-0.05, 0) is 42.8 Å². The van der Waals surface area contributed by atoms with Gasteiger partial charge in [0.2, 0.25) is 11.8 Å². The molecule has 1 fully saturated rings. The summed E-state index contributed by atoms with van der Waals surface area (Å²) >= 11 is 1.79. The van der Waals surface area contributed by atoms with Crippen LogP contribution in [0.3, 0.4) is 0 Å². The van der Waals surface area contributed by atoms with Crippen molar-refractivity contribution in [3.05, 3.63) is 54.1 Å². The molecular weight excluding hydrogens is 360 g/mol. The molecule has 6 heteroatoms. The monoisotopic (exact) mass is 380 g/mol. The lowest BCUT2D eigenvalue weighted by Gasteiger charge is -2.23. The maximum absolute atomic E-state index is 13.2. The first kappa shape index (κ1) is 17.8. The molecule has 1 atom stereocenters.